The Kier molecular flexibility index (Phi) is 6.93. The van der Waals surface area contributed by atoms with Gasteiger partial charge in [0.2, 0.25) is 0 Å². The second-order valence-electron chi connectivity index (χ2n) is 11.4. The Balaban J connectivity index is 1.52. The molecule has 0 amide bonds. The lowest BCUT2D eigenvalue weighted by molar-refractivity contribution is 0.773. The van der Waals surface area contributed by atoms with Crippen LogP contribution in [0.5, 0.6) is 0 Å². The van der Waals surface area contributed by atoms with Crippen LogP contribution >= 0.6 is 11.3 Å². The van der Waals surface area contributed by atoms with E-state index in [2.05, 4.69) is 104 Å². The molecule has 2 aromatic heterocycles. The van der Waals surface area contributed by atoms with Crippen LogP contribution in [0, 0.1) is 36.5 Å². The van der Waals surface area contributed by atoms with Crippen molar-refractivity contribution in [1.82, 2.24) is 4.98 Å². The van der Waals surface area contributed by atoms with Gasteiger partial charge < -0.3 is 10.6 Å². The van der Waals surface area contributed by atoms with Crippen molar-refractivity contribution < 1.29 is 0 Å². The molecule has 0 bridgehead atoms. The Morgan fingerprint density at radius 3 is 2.18 bits per heavy atom. The van der Waals surface area contributed by atoms with Crippen molar-refractivity contribution in [2.75, 3.05) is 4.90 Å². The van der Waals surface area contributed by atoms with Gasteiger partial charge in [-0.3, -0.25) is 4.98 Å². The van der Waals surface area contributed by atoms with Crippen LogP contribution in [0.2, 0.25) is 0 Å². The second kappa shape index (κ2) is 11.1. The van der Waals surface area contributed by atoms with E-state index in [4.69, 9.17) is 10.7 Å². The Morgan fingerprint density at radius 1 is 0.867 bits per heavy atom. The standard InChI is InChI=1S/C39H29N5S/c1-25-7-11-29(12-8-25)44(30-13-9-26(2)10-14-30)31-15-16-33-35(21-31)39(36-22-32(45-38(33)36)19-27(23-41)24-42)28(5-3-17-40)20-37-34(39)6-4-18-43-37/h3-19,21-22H,20,40H2,1-2H3/b17-3-,28-5+. The first-order valence-electron chi connectivity index (χ1n) is 14.7. The van der Waals surface area contributed by atoms with Crippen molar-refractivity contribution in [2.24, 2.45) is 5.73 Å². The van der Waals surface area contributed by atoms with E-state index in [9.17, 15) is 10.5 Å². The summed E-state index contributed by atoms with van der Waals surface area (Å²) in [6, 6.07) is 34.4. The number of allylic oxidation sites excluding steroid dienone is 4. The zero-order chi connectivity index (χ0) is 31.1. The number of hydrogen-bond donors (Lipinski definition) is 1. The molecule has 6 heteroatoms. The van der Waals surface area contributed by atoms with Gasteiger partial charge in [0.15, 0.2) is 0 Å². The minimum Gasteiger partial charge on any atom is -0.405 e. The first-order valence-corrected chi connectivity index (χ1v) is 15.6. The first kappa shape index (κ1) is 28.1. The van der Waals surface area contributed by atoms with E-state index in [-0.39, 0.29) is 5.57 Å². The van der Waals surface area contributed by atoms with Crippen LogP contribution in [0.1, 0.15) is 38.4 Å². The maximum Gasteiger partial charge on any atom is 0.131 e. The van der Waals surface area contributed by atoms with Crippen LogP contribution in [-0.2, 0) is 11.8 Å². The van der Waals surface area contributed by atoms with E-state index in [0.29, 0.717) is 6.42 Å². The lowest BCUT2D eigenvalue weighted by atomic mass is 9.71. The fourth-order valence-corrected chi connectivity index (χ4v) is 7.95. The molecule has 5 nitrogen and oxygen atoms in total. The third-order valence-electron chi connectivity index (χ3n) is 8.72. The molecule has 3 aromatic carbocycles. The van der Waals surface area contributed by atoms with E-state index < -0.39 is 5.41 Å². The molecule has 2 N–H and O–H groups in total. The Hall–Kier alpha value is -5.69. The number of fused-ring (bicyclic) bond motifs is 7. The third-order valence-corrected chi connectivity index (χ3v) is 9.83. The highest BCUT2D eigenvalue weighted by Gasteiger charge is 2.53. The zero-order valence-corrected chi connectivity index (χ0v) is 25.8. The number of benzene rings is 3. The monoisotopic (exact) mass is 599 g/mol. The van der Waals surface area contributed by atoms with Gasteiger partial charge in [-0.1, -0.05) is 53.6 Å². The van der Waals surface area contributed by atoms with Gasteiger partial charge in [-0.25, -0.2) is 0 Å². The van der Waals surface area contributed by atoms with Crippen molar-refractivity contribution in [3.8, 4) is 22.6 Å². The summed E-state index contributed by atoms with van der Waals surface area (Å²) in [7, 11) is 0. The van der Waals surface area contributed by atoms with Crippen LogP contribution in [0.15, 0.2) is 121 Å². The number of nitrogens with two attached hydrogens (primary N) is 1. The van der Waals surface area contributed by atoms with Crippen LogP contribution in [0.25, 0.3) is 16.5 Å². The van der Waals surface area contributed by atoms with Crippen LogP contribution < -0.4 is 10.6 Å². The van der Waals surface area contributed by atoms with Gasteiger partial charge in [0.25, 0.3) is 0 Å². The van der Waals surface area contributed by atoms with Gasteiger partial charge in [-0.2, -0.15) is 10.5 Å². The molecular formula is C39H29N5S. The molecule has 1 spiro atoms. The third kappa shape index (κ3) is 4.47. The summed E-state index contributed by atoms with van der Waals surface area (Å²) in [5, 5.41) is 19.0. The van der Waals surface area contributed by atoms with E-state index in [0.717, 1.165) is 49.2 Å². The average Bonchev–Trinajstić information content (AvgIpc) is 3.71. The maximum atomic E-state index is 9.49. The molecule has 0 aliphatic heterocycles. The lowest BCUT2D eigenvalue weighted by Crippen LogP contribution is -2.26. The highest BCUT2D eigenvalue weighted by atomic mass is 32.1. The van der Waals surface area contributed by atoms with Crippen molar-refractivity contribution in [3.05, 3.63) is 159 Å². The second-order valence-corrected chi connectivity index (χ2v) is 12.5. The highest BCUT2D eigenvalue weighted by molar-refractivity contribution is 7.16. The number of anilines is 3. The molecule has 1 unspecified atom stereocenters. The fourth-order valence-electron chi connectivity index (χ4n) is 6.75. The number of hydrogen-bond acceptors (Lipinski definition) is 6. The van der Waals surface area contributed by atoms with E-state index >= 15 is 0 Å². The minimum atomic E-state index is -0.599. The molecule has 2 aliphatic carbocycles. The summed E-state index contributed by atoms with van der Waals surface area (Å²) in [5.41, 5.74) is 17.8. The van der Waals surface area contributed by atoms with E-state index in [1.807, 2.05) is 30.5 Å². The molecule has 2 heterocycles. The van der Waals surface area contributed by atoms with Gasteiger partial charge in [-0.05, 0) is 109 Å². The number of rotatable bonds is 5. The fraction of sp³-hybridized carbons (Fsp3) is 0.103. The smallest absolute Gasteiger partial charge is 0.131 e. The molecular weight excluding hydrogens is 571 g/mol. The summed E-state index contributed by atoms with van der Waals surface area (Å²) in [6.07, 6.45) is 9.80. The van der Waals surface area contributed by atoms with Gasteiger partial charge in [0.05, 0.1) is 5.41 Å². The predicted molar refractivity (Wildman–Crippen MR) is 182 cm³/mol. The molecule has 5 aromatic rings. The van der Waals surface area contributed by atoms with Crippen LogP contribution in [0.4, 0.5) is 17.1 Å². The van der Waals surface area contributed by atoms with E-state index in [1.165, 1.54) is 22.3 Å². The molecule has 45 heavy (non-hydrogen) atoms. The van der Waals surface area contributed by atoms with Crippen molar-refractivity contribution in [2.45, 2.75) is 25.7 Å². The Morgan fingerprint density at radius 2 is 1.53 bits per heavy atom. The Labute approximate surface area is 267 Å². The molecule has 216 valence electrons. The number of thiophene rings is 1. The van der Waals surface area contributed by atoms with Gasteiger partial charge >= 0.3 is 0 Å². The maximum absolute atomic E-state index is 9.49. The topological polar surface area (TPSA) is 89.7 Å². The normalized spacial score (nSPS) is 16.7. The summed E-state index contributed by atoms with van der Waals surface area (Å²) < 4.78 is 0. The van der Waals surface area contributed by atoms with Gasteiger partial charge in [0, 0.05) is 45.1 Å². The number of aryl methyl sites for hydroxylation is 2. The van der Waals surface area contributed by atoms with Crippen molar-refractivity contribution >= 4 is 34.5 Å². The molecule has 0 radical (unpaired) electrons. The van der Waals surface area contributed by atoms with Crippen LogP contribution in [0.3, 0.4) is 0 Å². The minimum absolute atomic E-state index is 0.0849. The number of pyridine rings is 1. The zero-order valence-electron chi connectivity index (χ0n) is 25.0. The molecule has 0 saturated heterocycles. The first-order chi connectivity index (χ1) is 22.0. The average molecular weight is 600 g/mol. The molecule has 0 fully saturated rings. The number of nitriles is 2. The van der Waals surface area contributed by atoms with Crippen LogP contribution in [-0.4, -0.2) is 4.98 Å². The largest absolute Gasteiger partial charge is 0.405 e. The van der Waals surface area contributed by atoms with Gasteiger partial charge in [0.1, 0.15) is 17.7 Å². The summed E-state index contributed by atoms with van der Waals surface area (Å²) in [5.74, 6) is 0. The summed E-state index contributed by atoms with van der Waals surface area (Å²) >= 11 is 1.61. The van der Waals surface area contributed by atoms with Crippen molar-refractivity contribution in [1.29, 1.82) is 10.5 Å². The molecule has 0 saturated carbocycles. The molecule has 2 aliphatic rings. The van der Waals surface area contributed by atoms with E-state index in [1.54, 1.807) is 23.6 Å². The molecule has 7 rings (SSSR count). The summed E-state index contributed by atoms with van der Waals surface area (Å²) in [4.78, 5) is 9.15. The highest BCUT2D eigenvalue weighted by Crippen LogP contribution is 2.63. The molecule has 1 atom stereocenters. The lowest BCUT2D eigenvalue weighted by Gasteiger charge is -2.32. The predicted octanol–water partition coefficient (Wildman–Crippen LogP) is 8.93. The summed E-state index contributed by atoms with van der Waals surface area (Å²) in [6.45, 7) is 4.21. The quantitative estimate of drug-likeness (QED) is 0.204. The van der Waals surface area contributed by atoms with Gasteiger partial charge in [-0.15, -0.1) is 11.3 Å². The SMILES string of the molecule is Cc1ccc(N(c2ccc(C)cc2)c2ccc3c(c2)C2(/C(=C/C=C\N)Cc4ncccc42)c2cc(C=C(C#N)C#N)sc2-3)cc1. The Bertz CT molecular complexity index is 2070. The van der Waals surface area contributed by atoms with Crippen molar-refractivity contribution in [3.63, 3.8) is 0 Å². The number of nitrogens with zero attached hydrogens (tertiary/aromatic N) is 4. The number of aromatic nitrogens is 1.